The third-order valence-electron chi connectivity index (χ3n) is 12.9. The van der Waals surface area contributed by atoms with E-state index in [1.165, 1.54) is 0 Å². The summed E-state index contributed by atoms with van der Waals surface area (Å²) in [6, 6.07) is 14.6. The van der Waals surface area contributed by atoms with Gasteiger partial charge in [0.25, 0.3) is 0 Å². The number of aromatic nitrogens is 6. The molecule has 3 aromatic heterocycles. The van der Waals surface area contributed by atoms with E-state index in [1.54, 1.807) is 17.3 Å². The van der Waals surface area contributed by atoms with Crippen molar-refractivity contribution in [1.29, 1.82) is 0 Å². The van der Waals surface area contributed by atoms with E-state index in [2.05, 4.69) is 101 Å². The minimum atomic E-state index is -1.38. The van der Waals surface area contributed by atoms with Crippen molar-refractivity contribution in [1.82, 2.24) is 38.9 Å². The maximum Gasteiger partial charge on any atom is 0.410 e. The fourth-order valence-electron chi connectivity index (χ4n) is 9.40. The Morgan fingerprint density at radius 2 is 1.33 bits per heavy atom. The van der Waals surface area contributed by atoms with Gasteiger partial charge in [0, 0.05) is 66.0 Å². The highest BCUT2D eigenvalue weighted by molar-refractivity contribution is 6.76. The second-order valence-corrected chi connectivity index (χ2v) is 33.8. The highest BCUT2D eigenvalue weighted by Crippen LogP contribution is 2.52. The number of likely N-dealkylation sites (tertiary alicyclic amines) is 2. The predicted molar refractivity (Wildman–Crippen MR) is 266 cm³/mol. The average Bonchev–Trinajstić information content (AvgIpc) is 4.05. The normalized spacial score (nSPS) is 18.5. The van der Waals surface area contributed by atoms with Crippen LogP contribution in [0.15, 0.2) is 61.2 Å². The zero-order valence-electron chi connectivity index (χ0n) is 41.4. The molecule has 2 amide bonds. The lowest BCUT2D eigenvalue weighted by atomic mass is 9.71. The summed E-state index contributed by atoms with van der Waals surface area (Å²) >= 11 is 0. The van der Waals surface area contributed by atoms with Gasteiger partial charge in [-0.3, -0.25) is 19.8 Å². The van der Waals surface area contributed by atoms with E-state index >= 15 is 0 Å². The Bertz CT molecular complexity index is 2530. The van der Waals surface area contributed by atoms with Gasteiger partial charge < -0.3 is 28.5 Å². The molecule has 0 bridgehead atoms. The Morgan fingerprint density at radius 1 is 0.742 bits per heavy atom. The Morgan fingerprint density at radius 3 is 1.94 bits per heavy atom. The van der Waals surface area contributed by atoms with Crippen LogP contribution in [0.25, 0.3) is 44.7 Å². The van der Waals surface area contributed by atoms with E-state index in [0.29, 0.717) is 56.7 Å². The molecule has 1 N–H and O–H groups in total. The fourth-order valence-corrected chi connectivity index (χ4v) is 10.9. The van der Waals surface area contributed by atoms with Crippen molar-refractivity contribution in [2.75, 3.05) is 26.3 Å². The SMILES string of the molecule is CC(C)(C)OC(=O)N1CCC[C@H]1c1ncc(-c2ccc3cc(-c4nccnc4-c4cnc([C@@]5(C(C)(C)C)CCCN5C(=O)O)n4COCC[Si](C)(C)C)ccc3c2)n1COCC[Si](C)(C)C. The molecule has 2 fully saturated rings. The number of imidazole rings is 2. The second kappa shape index (κ2) is 19.0. The van der Waals surface area contributed by atoms with E-state index in [9.17, 15) is 14.7 Å². The van der Waals surface area contributed by atoms with E-state index < -0.39 is 38.8 Å². The first-order chi connectivity index (χ1) is 31.0. The van der Waals surface area contributed by atoms with Gasteiger partial charge in [-0.2, -0.15) is 0 Å². The molecular formula is C50H72N8O6Si2. The molecule has 0 unspecified atom stereocenters. The lowest BCUT2D eigenvalue weighted by Crippen LogP contribution is -2.54. The zero-order valence-corrected chi connectivity index (χ0v) is 43.4. The smallest absolute Gasteiger partial charge is 0.410 e. The Balaban J connectivity index is 1.25. The molecule has 2 atom stereocenters. The van der Waals surface area contributed by atoms with Crippen LogP contribution in [0.3, 0.4) is 0 Å². The standard InChI is InChI=1S/C50H72N8O6Si2/c1-48(2,3)50(20-14-24-58(50)46(59)60)45-54-32-41(57(45)34-63-26-28-66(10,11)12)43-42(51-21-22-52-43)38-19-17-35-29-37(18-16-36(35)30-38)40-31-53-44(56(40)33-62-25-27-65(7,8)9)39-15-13-23-55(39)47(61)64-49(4,5)6/h16-19,21-22,29-32,39H,13-15,20,23-28,33-34H2,1-12H3,(H,59,60)/t39-,50+/m0/s1. The number of carboxylic acid groups (broad SMARTS) is 1. The monoisotopic (exact) mass is 937 g/mol. The summed E-state index contributed by atoms with van der Waals surface area (Å²) < 4.78 is 22.8. The highest BCUT2D eigenvalue weighted by atomic mass is 28.3. The van der Waals surface area contributed by atoms with E-state index in [-0.39, 0.29) is 18.9 Å². The van der Waals surface area contributed by atoms with Crippen molar-refractivity contribution in [3.8, 4) is 33.9 Å². The zero-order chi connectivity index (χ0) is 47.8. The van der Waals surface area contributed by atoms with Crippen LogP contribution in [0.1, 0.15) is 84.9 Å². The quantitative estimate of drug-likeness (QED) is 0.0794. The Kier molecular flexibility index (Phi) is 14.1. The third-order valence-corrected chi connectivity index (χ3v) is 16.3. The van der Waals surface area contributed by atoms with Gasteiger partial charge in [-0.05, 0) is 86.9 Å². The second-order valence-electron chi connectivity index (χ2n) is 22.5. The molecule has 0 aliphatic carbocycles. The summed E-state index contributed by atoms with van der Waals surface area (Å²) in [6.07, 6.45) is 8.88. The molecular weight excluding hydrogens is 865 g/mol. The van der Waals surface area contributed by atoms with Gasteiger partial charge >= 0.3 is 12.2 Å². The first kappa shape index (κ1) is 49.0. The summed E-state index contributed by atoms with van der Waals surface area (Å²) in [5, 5.41) is 12.6. The van der Waals surface area contributed by atoms with Gasteiger partial charge in [0.2, 0.25) is 0 Å². The number of hydrogen-bond donors (Lipinski definition) is 1. The van der Waals surface area contributed by atoms with Crippen LogP contribution >= 0.6 is 0 Å². The largest absolute Gasteiger partial charge is 0.465 e. The number of ether oxygens (including phenoxy) is 3. The summed E-state index contributed by atoms with van der Waals surface area (Å²) in [7, 11) is -2.71. The van der Waals surface area contributed by atoms with Crippen molar-refractivity contribution in [3.05, 3.63) is 72.8 Å². The number of fused-ring (bicyclic) bond motifs is 1. The van der Waals surface area contributed by atoms with Crippen molar-refractivity contribution in [2.24, 2.45) is 5.41 Å². The van der Waals surface area contributed by atoms with Crippen LogP contribution in [0.5, 0.6) is 0 Å². The van der Waals surface area contributed by atoms with Gasteiger partial charge in [0.15, 0.2) is 0 Å². The Labute approximate surface area is 393 Å². The molecule has 0 spiro atoms. The number of rotatable bonds is 15. The molecule has 16 heteroatoms. The predicted octanol–water partition coefficient (Wildman–Crippen LogP) is 11.7. The summed E-state index contributed by atoms with van der Waals surface area (Å²) in [5.74, 6) is 1.46. The maximum atomic E-state index is 13.4. The van der Waals surface area contributed by atoms with Crippen molar-refractivity contribution in [3.63, 3.8) is 0 Å². The summed E-state index contributed by atoms with van der Waals surface area (Å²) in [6.45, 7) is 28.8. The third kappa shape index (κ3) is 10.6. The van der Waals surface area contributed by atoms with Gasteiger partial charge in [-0.25, -0.2) is 19.6 Å². The molecule has 2 aliphatic rings. The van der Waals surface area contributed by atoms with Crippen LogP contribution in [0, 0.1) is 5.41 Å². The first-order valence-corrected chi connectivity index (χ1v) is 31.0. The molecule has 5 heterocycles. The minimum Gasteiger partial charge on any atom is -0.465 e. The maximum absolute atomic E-state index is 13.4. The summed E-state index contributed by atoms with van der Waals surface area (Å²) in [4.78, 5) is 49.6. The summed E-state index contributed by atoms with van der Waals surface area (Å²) in [5.41, 5.74) is 2.89. The van der Waals surface area contributed by atoms with Gasteiger partial charge in [-0.15, -0.1) is 0 Å². The van der Waals surface area contributed by atoms with Gasteiger partial charge in [-0.1, -0.05) is 84.3 Å². The van der Waals surface area contributed by atoms with Crippen molar-refractivity contribution in [2.45, 2.75) is 149 Å². The van der Waals surface area contributed by atoms with Crippen molar-refractivity contribution < 1.29 is 28.9 Å². The Hall–Kier alpha value is -4.91. The van der Waals surface area contributed by atoms with Crippen LogP contribution in [0.4, 0.5) is 9.59 Å². The molecule has 66 heavy (non-hydrogen) atoms. The van der Waals surface area contributed by atoms with Crippen molar-refractivity contribution >= 4 is 39.1 Å². The van der Waals surface area contributed by atoms with Crippen LogP contribution < -0.4 is 0 Å². The van der Waals surface area contributed by atoms with Gasteiger partial charge in [0.05, 0.1) is 35.5 Å². The molecule has 2 aliphatic heterocycles. The molecule has 5 aromatic rings. The molecule has 2 saturated heterocycles. The van der Waals surface area contributed by atoms with Gasteiger partial charge in [0.1, 0.15) is 41.9 Å². The number of nitrogens with zero attached hydrogens (tertiary/aromatic N) is 8. The van der Waals surface area contributed by atoms with Crippen LogP contribution in [-0.4, -0.2) is 104 Å². The fraction of sp³-hybridized carbons (Fsp3) is 0.560. The topological polar surface area (TPSA) is 150 Å². The number of amides is 2. The molecule has 356 valence electrons. The number of carbonyl (C=O) groups is 2. The molecule has 0 saturated carbocycles. The molecule has 14 nitrogen and oxygen atoms in total. The average molecular weight is 937 g/mol. The van der Waals surface area contributed by atoms with E-state index in [4.69, 9.17) is 34.1 Å². The molecule has 2 aromatic carbocycles. The lowest BCUT2D eigenvalue weighted by molar-refractivity contribution is 0.00956. The van der Waals surface area contributed by atoms with Crippen LogP contribution in [0.2, 0.25) is 51.4 Å². The van der Waals surface area contributed by atoms with E-state index in [0.717, 1.165) is 70.5 Å². The van der Waals surface area contributed by atoms with E-state index in [1.807, 2.05) is 42.6 Å². The minimum absolute atomic E-state index is 0.207. The van der Waals surface area contributed by atoms with Crippen LogP contribution in [-0.2, 0) is 33.2 Å². The highest BCUT2D eigenvalue weighted by Gasteiger charge is 2.56. The molecule has 0 radical (unpaired) electrons. The number of benzene rings is 2. The number of carbonyl (C=O) groups excluding carboxylic acids is 1. The lowest BCUT2D eigenvalue weighted by Gasteiger charge is -2.46. The first-order valence-electron chi connectivity index (χ1n) is 23.6. The number of hydrogen-bond acceptors (Lipinski definition) is 9. The molecule has 7 rings (SSSR count).